The van der Waals surface area contributed by atoms with Crippen LogP contribution < -0.4 is 0 Å². The summed E-state index contributed by atoms with van der Waals surface area (Å²) in [5, 5.41) is 0. The predicted molar refractivity (Wildman–Crippen MR) is 43.8 cm³/mol. The highest BCUT2D eigenvalue weighted by atomic mass is 31.1. The average Bonchev–Trinajstić information content (AvgIpc) is 1.87. The van der Waals surface area contributed by atoms with Crippen molar-refractivity contribution < 1.29 is 23.5 Å². The second kappa shape index (κ2) is 10.5. The molecule has 0 fully saturated rings. The standard InChI is InChI=1S/C4H8O2.C2H5O3P/c1-3-6-4(2)5;1-2-5-6(3)4/h3H2,1-2H3;2H2,1H3/p+1. The van der Waals surface area contributed by atoms with Crippen LogP contribution in [0.3, 0.4) is 0 Å². The van der Waals surface area contributed by atoms with Crippen molar-refractivity contribution in [3.05, 3.63) is 0 Å². The molecule has 1 atom stereocenters. The van der Waals surface area contributed by atoms with Gasteiger partial charge in [-0.3, -0.25) is 4.79 Å². The molecule has 0 aromatic heterocycles. The van der Waals surface area contributed by atoms with Gasteiger partial charge in [0.2, 0.25) is 0 Å². The molecule has 5 nitrogen and oxygen atoms in total. The van der Waals surface area contributed by atoms with Crippen LogP contribution in [0.5, 0.6) is 0 Å². The summed E-state index contributed by atoms with van der Waals surface area (Å²) in [5.74, 6) is -0.211. The molecule has 0 saturated heterocycles. The minimum Gasteiger partial charge on any atom is -0.466 e. The van der Waals surface area contributed by atoms with Gasteiger partial charge in [-0.1, -0.05) is 0 Å². The van der Waals surface area contributed by atoms with E-state index in [1.807, 2.05) is 0 Å². The highest BCUT2D eigenvalue weighted by Crippen LogP contribution is 2.12. The summed E-state index contributed by atoms with van der Waals surface area (Å²) in [4.78, 5) is 17.7. The second-order valence-electron chi connectivity index (χ2n) is 1.58. The topological polar surface area (TPSA) is 72.8 Å². The van der Waals surface area contributed by atoms with E-state index in [0.717, 1.165) is 0 Å². The van der Waals surface area contributed by atoms with Gasteiger partial charge in [-0.15, -0.1) is 9.42 Å². The van der Waals surface area contributed by atoms with Gasteiger partial charge < -0.3 is 4.74 Å². The molecular weight excluding hydrogens is 183 g/mol. The summed E-state index contributed by atoms with van der Waals surface area (Å²) < 4.78 is 18.0. The monoisotopic (exact) mass is 197 g/mol. The summed E-state index contributed by atoms with van der Waals surface area (Å²) in [5.41, 5.74) is 0. The number of rotatable bonds is 3. The van der Waals surface area contributed by atoms with E-state index in [2.05, 4.69) is 9.26 Å². The zero-order chi connectivity index (χ0) is 9.98. The highest BCUT2D eigenvalue weighted by Gasteiger charge is 2.06. The Balaban J connectivity index is 0. The van der Waals surface area contributed by atoms with Gasteiger partial charge in [0, 0.05) is 11.5 Å². The Bertz CT molecular complexity index is 120. The Hall–Kier alpha value is -0.510. The molecule has 0 saturated carbocycles. The number of carbonyl (C=O) groups excluding carboxylic acids is 1. The number of carbonyl (C=O) groups is 1. The van der Waals surface area contributed by atoms with E-state index in [0.29, 0.717) is 13.2 Å². The maximum Gasteiger partial charge on any atom is 0.694 e. The van der Waals surface area contributed by atoms with Gasteiger partial charge in [-0.05, 0) is 13.8 Å². The maximum atomic E-state index is 9.82. The summed E-state index contributed by atoms with van der Waals surface area (Å²) in [6, 6.07) is 0. The molecule has 0 aliphatic carbocycles. The van der Waals surface area contributed by atoms with Gasteiger partial charge in [0.05, 0.1) is 6.61 Å². The minimum atomic E-state index is -2.35. The fourth-order valence-electron chi connectivity index (χ4n) is 0.314. The molecule has 0 bridgehead atoms. The van der Waals surface area contributed by atoms with Crippen LogP contribution in [-0.2, 0) is 18.6 Å². The Morgan fingerprint density at radius 2 is 1.92 bits per heavy atom. The molecule has 0 amide bonds. The number of ether oxygens (including phenoxy) is 1. The maximum absolute atomic E-state index is 9.82. The van der Waals surface area contributed by atoms with Crippen LogP contribution in [0.4, 0.5) is 0 Å². The largest absolute Gasteiger partial charge is 0.694 e. The van der Waals surface area contributed by atoms with E-state index in [-0.39, 0.29) is 5.97 Å². The number of hydrogen-bond acceptors (Lipinski definition) is 4. The lowest BCUT2D eigenvalue weighted by atomic mass is 10.8. The minimum absolute atomic E-state index is 0.211. The van der Waals surface area contributed by atoms with Crippen LogP contribution in [0.15, 0.2) is 0 Å². The van der Waals surface area contributed by atoms with Crippen molar-refractivity contribution in [2.45, 2.75) is 20.8 Å². The molecule has 6 heteroatoms. The Labute approximate surface area is 72.6 Å². The molecule has 0 heterocycles. The van der Waals surface area contributed by atoms with Crippen molar-refractivity contribution in [3.8, 4) is 0 Å². The fourth-order valence-corrected chi connectivity index (χ4v) is 0.535. The zero-order valence-corrected chi connectivity index (χ0v) is 8.34. The third-order valence-electron chi connectivity index (χ3n) is 0.587. The van der Waals surface area contributed by atoms with Gasteiger partial charge in [0.1, 0.15) is 6.61 Å². The normalized spacial score (nSPS) is 9.50. The van der Waals surface area contributed by atoms with E-state index < -0.39 is 8.25 Å². The SMILES string of the molecule is CCOC(C)=O.CCO[P+](=O)O. The van der Waals surface area contributed by atoms with Gasteiger partial charge in [-0.2, -0.15) is 0 Å². The molecule has 1 N–H and O–H groups in total. The van der Waals surface area contributed by atoms with Gasteiger partial charge in [0.15, 0.2) is 0 Å². The molecule has 0 rings (SSSR count). The van der Waals surface area contributed by atoms with Gasteiger partial charge >= 0.3 is 14.2 Å². The first kappa shape index (κ1) is 14.0. The van der Waals surface area contributed by atoms with E-state index >= 15 is 0 Å². The van der Waals surface area contributed by atoms with Crippen LogP contribution in [0.2, 0.25) is 0 Å². The van der Waals surface area contributed by atoms with E-state index in [9.17, 15) is 9.36 Å². The van der Waals surface area contributed by atoms with E-state index in [1.165, 1.54) is 6.92 Å². The quantitative estimate of drug-likeness (QED) is 0.544. The Morgan fingerprint density at radius 1 is 1.42 bits per heavy atom. The van der Waals surface area contributed by atoms with Crippen molar-refractivity contribution in [3.63, 3.8) is 0 Å². The second-order valence-corrected chi connectivity index (χ2v) is 2.31. The summed E-state index contributed by atoms with van der Waals surface area (Å²) in [6.07, 6.45) is 0. The van der Waals surface area contributed by atoms with E-state index in [4.69, 9.17) is 4.89 Å². The van der Waals surface area contributed by atoms with Crippen LogP contribution in [0, 0.1) is 0 Å². The van der Waals surface area contributed by atoms with Gasteiger partial charge in [0.25, 0.3) is 0 Å². The first-order chi connectivity index (χ1) is 5.54. The summed E-state index contributed by atoms with van der Waals surface area (Å²) in [7, 11) is -2.35. The Kier molecular flexibility index (Phi) is 12.3. The lowest BCUT2D eigenvalue weighted by Gasteiger charge is -1.89. The van der Waals surface area contributed by atoms with Crippen molar-refractivity contribution in [1.29, 1.82) is 0 Å². The van der Waals surface area contributed by atoms with Crippen LogP contribution in [0.1, 0.15) is 20.8 Å². The molecule has 1 unspecified atom stereocenters. The Morgan fingerprint density at radius 3 is 1.92 bits per heavy atom. The smallest absolute Gasteiger partial charge is 0.466 e. The molecule has 72 valence electrons. The molecule has 0 aliphatic heterocycles. The molecular formula is C6H14O5P+. The number of esters is 1. The molecule has 0 aromatic rings. The average molecular weight is 197 g/mol. The molecule has 0 aromatic carbocycles. The van der Waals surface area contributed by atoms with Crippen LogP contribution >= 0.6 is 8.25 Å². The highest BCUT2D eigenvalue weighted by molar-refractivity contribution is 7.32. The first-order valence-corrected chi connectivity index (χ1v) is 4.60. The van der Waals surface area contributed by atoms with Gasteiger partial charge in [-0.25, -0.2) is 0 Å². The lowest BCUT2D eigenvalue weighted by molar-refractivity contribution is -0.140. The number of hydrogen-bond donors (Lipinski definition) is 1. The summed E-state index contributed by atoms with van der Waals surface area (Å²) >= 11 is 0. The molecule has 0 radical (unpaired) electrons. The lowest BCUT2D eigenvalue weighted by Crippen LogP contribution is -1.95. The van der Waals surface area contributed by atoms with Crippen molar-refractivity contribution in [1.82, 2.24) is 0 Å². The zero-order valence-electron chi connectivity index (χ0n) is 7.44. The molecule has 0 spiro atoms. The summed E-state index contributed by atoms with van der Waals surface area (Å²) in [6.45, 7) is 5.61. The van der Waals surface area contributed by atoms with Crippen molar-refractivity contribution >= 4 is 14.2 Å². The van der Waals surface area contributed by atoms with Crippen LogP contribution in [0.25, 0.3) is 0 Å². The third kappa shape index (κ3) is 22.7. The van der Waals surface area contributed by atoms with Crippen LogP contribution in [-0.4, -0.2) is 24.1 Å². The molecule has 0 aliphatic rings. The predicted octanol–water partition coefficient (Wildman–Crippen LogP) is 1.24. The fraction of sp³-hybridized carbons (Fsp3) is 0.833. The van der Waals surface area contributed by atoms with Crippen molar-refractivity contribution in [2.24, 2.45) is 0 Å². The third-order valence-corrected chi connectivity index (χ3v) is 1.07. The van der Waals surface area contributed by atoms with Crippen molar-refractivity contribution in [2.75, 3.05) is 13.2 Å². The first-order valence-electron chi connectivity index (χ1n) is 3.46. The van der Waals surface area contributed by atoms with E-state index in [1.54, 1.807) is 13.8 Å². The molecule has 12 heavy (non-hydrogen) atoms.